The van der Waals surface area contributed by atoms with Gasteiger partial charge < -0.3 is 10.2 Å². The lowest BCUT2D eigenvalue weighted by Gasteiger charge is -2.32. The summed E-state index contributed by atoms with van der Waals surface area (Å²) in [7, 11) is 0. The van der Waals surface area contributed by atoms with E-state index in [0.717, 1.165) is 30.3 Å². The molecule has 0 radical (unpaired) electrons. The van der Waals surface area contributed by atoms with Crippen LogP contribution < -0.4 is 5.32 Å². The Hall–Kier alpha value is -2.61. The molecular weight excluding hydrogens is 412 g/mol. The second-order valence-corrected chi connectivity index (χ2v) is 7.12. The minimum Gasteiger partial charge on any atom is -0.349 e. The Morgan fingerprint density at radius 2 is 1.66 bits per heavy atom. The molecule has 3 rings (SSSR count). The van der Waals surface area contributed by atoms with Crippen molar-refractivity contribution >= 4 is 23.4 Å². The lowest BCUT2D eigenvalue weighted by molar-refractivity contribution is -0.137. The highest BCUT2D eigenvalue weighted by molar-refractivity contribution is 6.33. The maximum atomic E-state index is 13.9. The van der Waals surface area contributed by atoms with Crippen LogP contribution in [-0.2, 0) is 6.18 Å². The highest BCUT2D eigenvalue weighted by Gasteiger charge is 2.31. The van der Waals surface area contributed by atoms with Crippen LogP contribution in [0, 0.1) is 5.82 Å². The molecule has 2 aromatic rings. The molecule has 1 saturated heterocycles. The third-order valence-electron chi connectivity index (χ3n) is 4.77. The summed E-state index contributed by atoms with van der Waals surface area (Å²) in [4.78, 5) is 26.3. The van der Waals surface area contributed by atoms with Gasteiger partial charge in [-0.15, -0.1) is 0 Å². The maximum Gasteiger partial charge on any atom is 0.416 e. The Balaban J connectivity index is 1.57. The van der Waals surface area contributed by atoms with E-state index in [9.17, 15) is 27.2 Å². The van der Waals surface area contributed by atoms with Gasteiger partial charge in [-0.2, -0.15) is 13.2 Å². The molecule has 0 bridgehead atoms. The van der Waals surface area contributed by atoms with E-state index in [2.05, 4.69) is 5.32 Å². The number of hydrogen-bond acceptors (Lipinski definition) is 2. The van der Waals surface area contributed by atoms with E-state index in [-0.39, 0.29) is 22.2 Å². The SMILES string of the molecule is O=C(NC1CCN(C(=O)c2c(F)cccc2Cl)CC1)c1ccc(C(F)(F)F)cc1. The van der Waals surface area contributed by atoms with Gasteiger partial charge in [-0.05, 0) is 49.2 Å². The van der Waals surface area contributed by atoms with Gasteiger partial charge in [0, 0.05) is 24.7 Å². The number of likely N-dealkylation sites (tertiary alicyclic amines) is 1. The first-order valence-corrected chi connectivity index (χ1v) is 9.26. The zero-order valence-electron chi connectivity index (χ0n) is 15.1. The number of rotatable bonds is 3. The smallest absolute Gasteiger partial charge is 0.349 e. The molecule has 1 aliphatic rings. The van der Waals surface area contributed by atoms with E-state index in [1.807, 2.05) is 0 Å². The highest BCUT2D eigenvalue weighted by atomic mass is 35.5. The number of nitrogens with one attached hydrogen (secondary N) is 1. The molecule has 0 atom stereocenters. The molecular formula is C20H17ClF4N2O2. The maximum absolute atomic E-state index is 13.9. The number of nitrogens with zero attached hydrogens (tertiary/aromatic N) is 1. The zero-order valence-corrected chi connectivity index (χ0v) is 15.9. The van der Waals surface area contributed by atoms with E-state index in [1.54, 1.807) is 0 Å². The summed E-state index contributed by atoms with van der Waals surface area (Å²) in [6.45, 7) is 0.586. The van der Waals surface area contributed by atoms with Crippen molar-refractivity contribution < 1.29 is 27.2 Å². The average molecular weight is 429 g/mol. The molecule has 0 unspecified atom stereocenters. The topological polar surface area (TPSA) is 49.4 Å². The van der Waals surface area contributed by atoms with Crippen molar-refractivity contribution in [3.8, 4) is 0 Å². The lowest BCUT2D eigenvalue weighted by atomic mass is 10.0. The average Bonchev–Trinajstić information content (AvgIpc) is 2.67. The predicted molar refractivity (Wildman–Crippen MR) is 99.2 cm³/mol. The molecule has 154 valence electrons. The first-order chi connectivity index (χ1) is 13.7. The monoisotopic (exact) mass is 428 g/mol. The number of carbonyl (C=O) groups is 2. The van der Waals surface area contributed by atoms with Gasteiger partial charge in [-0.3, -0.25) is 9.59 Å². The number of halogens is 5. The standard InChI is InChI=1S/C20H17ClF4N2O2/c21-15-2-1-3-16(22)17(15)19(29)27-10-8-14(9-11-27)26-18(28)12-4-6-13(7-5-12)20(23,24)25/h1-7,14H,8-11H2,(H,26,28). The number of benzene rings is 2. The normalized spacial score (nSPS) is 15.3. The predicted octanol–water partition coefficient (Wildman–Crippen LogP) is 4.53. The molecule has 2 aromatic carbocycles. The van der Waals surface area contributed by atoms with Crippen molar-refractivity contribution in [3.05, 3.63) is 70.0 Å². The van der Waals surface area contributed by atoms with Crippen molar-refractivity contribution in [1.29, 1.82) is 0 Å². The fourth-order valence-corrected chi connectivity index (χ4v) is 3.41. The Morgan fingerprint density at radius 1 is 1.03 bits per heavy atom. The minimum atomic E-state index is -4.46. The van der Waals surface area contributed by atoms with Crippen molar-refractivity contribution in [2.24, 2.45) is 0 Å². The quantitative estimate of drug-likeness (QED) is 0.730. The highest BCUT2D eigenvalue weighted by Crippen LogP contribution is 2.29. The second kappa shape index (κ2) is 8.41. The Labute approximate surface area is 169 Å². The minimum absolute atomic E-state index is 0.0349. The van der Waals surface area contributed by atoms with Crippen molar-refractivity contribution in [3.63, 3.8) is 0 Å². The molecule has 0 spiro atoms. The van der Waals surface area contributed by atoms with Gasteiger partial charge in [-0.25, -0.2) is 4.39 Å². The molecule has 2 amide bonds. The summed E-state index contributed by atoms with van der Waals surface area (Å²) in [6, 6.07) is 7.73. The first-order valence-electron chi connectivity index (χ1n) is 8.88. The molecule has 1 N–H and O–H groups in total. The van der Waals surface area contributed by atoms with Crippen LogP contribution >= 0.6 is 11.6 Å². The van der Waals surface area contributed by atoms with Gasteiger partial charge in [0.1, 0.15) is 5.82 Å². The van der Waals surface area contributed by atoms with Crippen LogP contribution in [0.3, 0.4) is 0 Å². The fraction of sp³-hybridized carbons (Fsp3) is 0.300. The Kier molecular flexibility index (Phi) is 6.12. The second-order valence-electron chi connectivity index (χ2n) is 6.71. The van der Waals surface area contributed by atoms with Crippen LogP contribution in [0.25, 0.3) is 0 Å². The fourth-order valence-electron chi connectivity index (χ4n) is 3.17. The summed E-state index contributed by atoms with van der Waals surface area (Å²) in [6.07, 6.45) is -3.59. The van der Waals surface area contributed by atoms with Gasteiger partial charge in [0.25, 0.3) is 11.8 Å². The third kappa shape index (κ3) is 4.87. The molecule has 9 heteroatoms. The van der Waals surface area contributed by atoms with Crippen molar-refractivity contribution in [2.45, 2.75) is 25.1 Å². The summed E-state index contributed by atoms with van der Waals surface area (Å²) in [5, 5.41) is 2.79. The number of hydrogen-bond donors (Lipinski definition) is 1. The molecule has 29 heavy (non-hydrogen) atoms. The Bertz CT molecular complexity index is 887. The van der Waals surface area contributed by atoms with Gasteiger partial charge in [-0.1, -0.05) is 17.7 Å². The number of carbonyl (C=O) groups excluding carboxylic acids is 2. The lowest BCUT2D eigenvalue weighted by Crippen LogP contribution is -2.46. The van der Waals surface area contributed by atoms with Crippen LogP contribution in [0.5, 0.6) is 0 Å². The molecule has 1 fully saturated rings. The van der Waals surface area contributed by atoms with Crippen LogP contribution in [-0.4, -0.2) is 35.8 Å². The number of alkyl halides is 3. The van der Waals surface area contributed by atoms with E-state index >= 15 is 0 Å². The molecule has 0 aromatic heterocycles. The van der Waals surface area contributed by atoms with Gasteiger partial charge in [0.05, 0.1) is 16.1 Å². The Morgan fingerprint density at radius 3 is 2.21 bits per heavy atom. The van der Waals surface area contributed by atoms with Crippen LogP contribution in [0.15, 0.2) is 42.5 Å². The molecule has 1 heterocycles. The number of piperidine rings is 1. The van der Waals surface area contributed by atoms with Crippen LogP contribution in [0.4, 0.5) is 17.6 Å². The summed E-state index contributed by atoms with van der Waals surface area (Å²) < 4.78 is 51.7. The van der Waals surface area contributed by atoms with Crippen molar-refractivity contribution in [1.82, 2.24) is 10.2 Å². The summed E-state index contributed by atoms with van der Waals surface area (Å²) >= 11 is 5.93. The summed E-state index contributed by atoms with van der Waals surface area (Å²) in [5.41, 5.74) is -0.885. The van der Waals surface area contributed by atoms with Crippen molar-refractivity contribution in [2.75, 3.05) is 13.1 Å². The molecule has 0 aliphatic carbocycles. The largest absolute Gasteiger partial charge is 0.416 e. The zero-order chi connectivity index (χ0) is 21.2. The molecule has 4 nitrogen and oxygen atoms in total. The molecule has 1 aliphatic heterocycles. The first kappa shape index (κ1) is 21.1. The van der Waals surface area contributed by atoms with E-state index in [0.29, 0.717) is 25.9 Å². The van der Waals surface area contributed by atoms with Gasteiger partial charge in [0.15, 0.2) is 0 Å². The van der Waals surface area contributed by atoms with Crippen LogP contribution in [0.2, 0.25) is 5.02 Å². The van der Waals surface area contributed by atoms with E-state index < -0.39 is 29.4 Å². The molecule has 0 saturated carbocycles. The third-order valence-corrected chi connectivity index (χ3v) is 5.08. The summed E-state index contributed by atoms with van der Waals surface area (Å²) in [5.74, 6) is -1.69. The van der Waals surface area contributed by atoms with E-state index in [4.69, 9.17) is 11.6 Å². The van der Waals surface area contributed by atoms with Gasteiger partial charge in [0.2, 0.25) is 0 Å². The number of amides is 2. The van der Waals surface area contributed by atoms with E-state index in [1.165, 1.54) is 17.0 Å². The van der Waals surface area contributed by atoms with Gasteiger partial charge >= 0.3 is 6.18 Å². The van der Waals surface area contributed by atoms with Crippen LogP contribution in [0.1, 0.15) is 39.1 Å².